The van der Waals surface area contributed by atoms with E-state index < -0.39 is 0 Å². The second kappa shape index (κ2) is 8.74. The number of likely N-dealkylation sites (tertiary alicyclic amines) is 1. The number of nitrogens with zero attached hydrogens (tertiary/aromatic N) is 4. The Hall–Kier alpha value is -3.19. The molecular weight excluding hydrogens is 418 g/mol. The number of benzene rings is 2. The van der Waals surface area contributed by atoms with Gasteiger partial charge < -0.3 is 9.80 Å². The van der Waals surface area contributed by atoms with Crippen molar-refractivity contribution in [3.05, 3.63) is 71.5 Å². The number of carbonyl (C=O) groups excluding carboxylic acids is 1. The summed E-state index contributed by atoms with van der Waals surface area (Å²) in [5.41, 5.74) is 4.48. The highest BCUT2D eigenvalue weighted by Crippen LogP contribution is 2.43. The Bertz CT molecular complexity index is 1200. The van der Waals surface area contributed by atoms with Gasteiger partial charge in [0.2, 0.25) is 0 Å². The van der Waals surface area contributed by atoms with Crippen LogP contribution in [0.25, 0.3) is 21.3 Å². The zero-order chi connectivity index (χ0) is 22.1. The second-order valence-corrected chi connectivity index (χ2v) is 9.27. The minimum Gasteiger partial charge on any atom is -0.325 e. The van der Waals surface area contributed by atoms with Crippen molar-refractivity contribution in [2.24, 2.45) is 0 Å². The summed E-state index contributed by atoms with van der Waals surface area (Å²) >= 11 is 1.74. The van der Waals surface area contributed by atoms with Gasteiger partial charge in [-0.05, 0) is 37.1 Å². The summed E-state index contributed by atoms with van der Waals surface area (Å²) in [5.74, 6) is 0.427. The Balaban J connectivity index is 1.50. The molecule has 0 radical (unpaired) electrons. The number of hydrogen-bond donors (Lipinski definition) is 1. The van der Waals surface area contributed by atoms with E-state index in [1.165, 1.54) is 10.3 Å². The number of amides is 2. The fraction of sp³-hybridized carbons (Fsp3) is 0.320. The molecule has 0 saturated carbocycles. The van der Waals surface area contributed by atoms with Gasteiger partial charge in [0.05, 0.1) is 21.4 Å². The number of aromatic amines is 1. The van der Waals surface area contributed by atoms with E-state index in [-0.39, 0.29) is 17.9 Å². The predicted molar refractivity (Wildman–Crippen MR) is 129 cm³/mol. The Kier molecular flexibility index (Phi) is 5.66. The van der Waals surface area contributed by atoms with Crippen LogP contribution in [0, 0.1) is 0 Å². The van der Waals surface area contributed by atoms with Crippen molar-refractivity contribution >= 4 is 27.6 Å². The van der Waals surface area contributed by atoms with Gasteiger partial charge in [0, 0.05) is 49.8 Å². The average molecular weight is 446 g/mol. The lowest BCUT2D eigenvalue weighted by atomic mass is 9.89. The highest BCUT2D eigenvalue weighted by atomic mass is 32.1. The van der Waals surface area contributed by atoms with Gasteiger partial charge in [0.1, 0.15) is 0 Å². The molecule has 32 heavy (non-hydrogen) atoms. The molecule has 4 aromatic rings. The fourth-order valence-electron chi connectivity index (χ4n) is 4.63. The summed E-state index contributed by atoms with van der Waals surface area (Å²) in [7, 11) is 0. The smallest absolute Gasteiger partial charge is 0.320 e. The van der Waals surface area contributed by atoms with Gasteiger partial charge in [-0.25, -0.2) is 9.78 Å². The number of hydrogen-bond acceptors (Lipinski definition) is 4. The van der Waals surface area contributed by atoms with Gasteiger partial charge in [0.25, 0.3) is 0 Å². The average Bonchev–Trinajstić information content (AvgIpc) is 3.59. The molecule has 6 nitrogen and oxygen atoms in total. The third-order valence-electron chi connectivity index (χ3n) is 6.41. The van der Waals surface area contributed by atoms with Crippen LogP contribution >= 0.6 is 11.3 Å². The lowest BCUT2D eigenvalue weighted by Crippen LogP contribution is -2.42. The fourth-order valence-corrected chi connectivity index (χ4v) is 5.80. The molecule has 1 aliphatic rings. The Labute approximate surface area is 191 Å². The van der Waals surface area contributed by atoms with Crippen LogP contribution in [-0.2, 0) is 0 Å². The molecule has 2 atom stereocenters. The number of aromatic nitrogens is 3. The van der Waals surface area contributed by atoms with Gasteiger partial charge in [-0.1, -0.05) is 36.4 Å². The van der Waals surface area contributed by atoms with Crippen LogP contribution < -0.4 is 0 Å². The van der Waals surface area contributed by atoms with E-state index in [9.17, 15) is 4.79 Å². The van der Waals surface area contributed by atoms with E-state index in [1.807, 2.05) is 42.1 Å². The van der Waals surface area contributed by atoms with Crippen molar-refractivity contribution < 1.29 is 4.79 Å². The van der Waals surface area contributed by atoms with Crippen LogP contribution in [0.1, 0.15) is 36.3 Å². The van der Waals surface area contributed by atoms with Gasteiger partial charge in [-0.15, -0.1) is 11.3 Å². The van der Waals surface area contributed by atoms with Gasteiger partial charge in [0.15, 0.2) is 0 Å². The Morgan fingerprint density at radius 1 is 1.09 bits per heavy atom. The van der Waals surface area contributed by atoms with Gasteiger partial charge >= 0.3 is 6.03 Å². The lowest BCUT2D eigenvalue weighted by molar-refractivity contribution is 0.166. The first-order valence-electron chi connectivity index (χ1n) is 11.2. The molecule has 0 spiro atoms. The summed E-state index contributed by atoms with van der Waals surface area (Å²) in [6, 6.07) is 17.0. The standard InChI is InChI=1S/C25H27N5OS/c1-3-29(4-2)25(31)30-15-20(17-8-6-5-7-9-17)21(16-30)24-28-22-11-10-18(12-23(22)32-24)19-13-26-27-14-19/h5-14,20-21H,3-4,15-16H2,1-2H3,(H,26,27). The third kappa shape index (κ3) is 3.77. The molecule has 7 heteroatoms. The zero-order valence-electron chi connectivity index (χ0n) is 18.4. The summed E-state index contributed by atoms with van der Waals surface area (Å²) < 4.78 is 1.17. The molecule has 164 valence electrons. The molecule has 3 heterocycles. The maximum atomic E-state index is 13.1. The molecule has 0 bridgehead atoms. The first-order chi connectivity index (χ1) is 15.7. The summed E-state index contributed by atoms with van der Waals surface area (Å²) in [5, 5.41) is 8.05. The maximum absolute atomic E-state index is 13.1. The minimum absolute atomic E-state index is 0.127. The quantitative estimate of drug-likeness (QED) is 0.451. The van der Waals surface area contributed by atoms with Crippen LogP contribution in [0.2, 0.25) is 0 Å². The molecule has 2 unspecified atom stereocenters. The van der Waals surface area contributed by atoms with Crippen LogP contribution in [0.3, 0.4) is 0 Å². The van der Waals surface area contributed by atoms with E-state index in [0.29, 0.717) is 6.54 Å². The number of urea groups is 1. The number of rotatable bonds is 5. The SMILES string of the molecule is CCN(CC)C(=O)N1CC(c2ccccc2)C(c2nc3ccc(-c4cn[nH]c4)cc3s2)C1. The van der Waals surface area contributed by atoms with Crippen molar-refractivity contribution in [3.63, 3.8) is 0 Å². The lowest BCUT2D eigenvalue weighted by Gasteiger charge is -2.26. The number of nitrogens with one attached hydrogen (secondary N) is 1. The van der Waals surface area contributed by atoms with E-state index in [1.54, 1.807) is 11.3 Å². The first kappa shape index (κ1) is 20.7. The molecule has 5 rings (SSSR count). The first-order valence-corrected chi connectivity index (χ1v) is 12.0. The van der Waals surface area contributed by atoms with Crippen molar-refractivity contribution in [3.8, 4) is 11.1 Å². The Morgan fingerprint density at radius 2 is 1.88 bits per heavy atom. The third-order valence-corrected chi connectivity index (χ3v) is 7.56. The van der Waals surface area contributed by atoms with Gasteiger partial charge in [-0.3, -0.25) is 5.10 Å². The Morgan fingerprint density at radius 3 is 2.59 bits per heavy atom. The van der Waals surface area contributed by atoms with E-state index in [2.05, 4.69) is 52.7 Å². The number of H-pyrrole nitrogens is 1. The predicted octanol–water partition coefficient (Wildman–Crippen LogP) is 5.33. The van der Waals surface area contributed by atoms with E-state index in [0.717, 1.165) is 41.3 Å². The van der Waals surface area contributed by atoms with Crippen molar-refractivity contribution in [2.45, 2.75) is 25.7 Å². The normalized spacial score (nSPS) is 18.4. The molecule has 1 aliphatic heterocycles. The van der Waals surface area contributed by atoms with Crippen LogP contribution in [0.5, 0.6) is 0 Å². The summed E-state index contributed by atoms with van der Waals surface area (Å²) in [4.78, 5) is 22.1. The maximum Gasteiger partial charge on any atom is 0.320 e. The van der Waals surface area contributed by atoms with Crippen molar-refractivity contribution in [1.82, 2.24) is 25.0 Å². The summed E-state index contributed by atoms with van der Waals surface area (Å²) in [6.07, 6.45) is 3.74. The topological polar surface area (TPSA) is 65.1 Å². The largest absolute Gasteiger partial charge is 0.325 e. The monoisotopic (exact) mass is 445 g/mol. The molecule has 2 aromatic heterocycles. The molecule has 0 aliphatic carbocycles. The van der Waals surface area contributed by atoms with E-state index in [4.69, 9.17) is 4.98 Å². The highest BCUT2D eigenvalue weighted by Gasteiger charge is 2.39. The zero-order valence-corrected chi connectivity index (χ0v) is 19.2. The van der Waals surface area contributed by atoms with Crippen LogP contribution in [0.15, 0.2) is 60.9 Å². The molecule has 1 fully saturated rings. The molecular formula is C25H27N5OS. The molecule has 1 N–H and O–H groups in total. The van der Waals surface area contributed by atoms with Crippen LogP contribution in [-0.4, -0.2) is 57.2 Å². The number of fused-ring (bicyclic) bond motifs is 1. The minimum atomic E-state index is 0.127. The van der Waals surface area contributed by atoms with E-state index >= 15 is 0 Å². The van der Waals surface area contributed by atoms with Crippen molar-refractivity contribution in [2.75, 3.05) is 26.2 Å². The molecule has 2 amide bonds. The number of carbonyl (C=O) groups is 1. The highest BCUT2D eigenvalue weighted by molar-refractivity contribution is 7.18. The van der Waals surface area contributed by atoms with Gasteiger partial charge in [-0.2, -0.15) is 5.10 Å². The molecule has 1 saturated heterocycles. The summed E-state index contributed by atoms with van der Waals surface area (Å²) in [6.45, 7) is 6.95. The van der Waals surface area contributed by atoms with Crippen molar-refractivity contribution in [1.29, 1.82) is 0 Å². The number of thiazole rings is 1. The second-order valence-electron chi connectivity index (χ2n) is 8.21. The van der Waals surface area contributed by atoms with Crippen LogP contribution in [0.4, 0.5) is 4.79 Å². The molecule has 2 aromatic carbocycles.